The van der Waals surface area contributed by atoms with Crippen molar-refractivity contribution in [3.63, 3.8) is 0 Å². The first-order chi connectivity index (χ1) is 8.45. The molecule has 5 heteroatoms. The van der Waals surface area contributed by atoms with Crippen LogP contribution in [0.1, 0.15) is 45.4 Å². The molecule has 0 bridgehead atoms. The summed E-state index contributed by atoms with van der Waals surface area (Å²) >= 11 is 0. The van der Waals surface area contributed by atoms with E-state index in [2.05, 4.69) is 0 Å². The zero-order valence-electron chi connectivity index (χ0n) is 10.7. The van der Waals surface area contributed by atoms with Gasteiger partial charge >= 0.3 is 0 Å². The molecule has 0 aromatic heterocycles. The topological polar surface area (TPSA) is 79.2 Å². The van der Waals surface area contributed by atoms with E-state index < -0.39 is 29.9 Å². The fourth-order valence-electron chi connectivity index (χ4n) is 3.64. The Morgan fingerprint density at radius 2 is 1.50 bits per heavy atom. The third kappa shape index (κ3) is 1.80. The van der Waals surface area contributed by atoms with E-state index in [1.54, 1.807) is 0 Å². The van der Waals surface area contributed by atoms with E-state index in [1.165, 1.54) is 0 Å². The minimum atomic E-state index is -1.44. The van der Waals surface area contributed by atoms with Crippen LogP contribution in [-0.2, 0) is 9.47 Å². The second-order valence-electron chi connectivity index (χ2n) is 6.10. The van der Waals surface area contributed by atoms with Crippen LogP contribution in [0.2, 0.25) is 0 Å². The van der Waals surface area contributed by atoms with E-state index in [4.69, 9.17) is 9.47 Å². The molecular weight excluding hydrogens is 236 g/mol. The second kappa shape index (κ2) is 4.15. The summed E-state index contributed by atoms with van der Waals surface area (Å²) < 4.78 is 11.5. The summed E-state index contributed by atoms with van der Waals surface area (Å²) in [6.45, 7) is 2.00. The van der Waals surface area contributed by atoms with Gasteiger partial charge in [-0.05, 0) is 31.6 Å². The smallest absolute Gasteiger partial charge is 0.195 e. The van der Waals surface area contributed by atoms with Crippen LogP contribution in [0.3, 0.4) is 0 Å². The molecule has 3 aliphatic rings. The summed E-state index contributed by atoms with van der Waals surface area (Å²) in [4.78, 5) is 0. The highest BCUT2D eigenvalue weighted by molar-refractivity contribution is 5.00. The summed E-state index contributed by atoms with van der Waals surface area (Å²) in [5.41, 5.74) is 0. The van der Waals surface area contributed by atoms with Crippen LogP contribution >= 0.6 is 0 Å². The van der Waals surface area contributed by atoms with E-state index in [0.717, 1.165) is 12.8 Å². The summed E-state index contributed by atoms with van der Waals surface area (Å²) in [5.74, 6) is -2.65. The SMILES string of the molecule is CC1CCCC2(O)OC3C(O)CCCC3(O)OC12. The predicted molar refractivity (Wildman–Crippen MR) is 62.5 cm³/mol. The molecule has 1 heterocycles. The fraction of sp³-hybridized carbons (Fsp3) is 1.00. The lowest BCUT2D eigenvalue weighted by atomic mass is 9.79. The molecule has 6 unspecified atom stereocenters. The predicted octanol–water partition coefficient (Wildman–Crippen LogP) is 0.512. The summed E-state index contributed by atoms with van der Waals surface area (Å²) in [7, 11) is 0. The Hall–Kier alpha value is -0.200. The van der Waals surface area contributed by atoms with Gasteiger partial charge < -0.3 is 24.8 Å². The van der Waals surface area contributed by atoms with E-state index in [1.807, 2.05) is 6.92 Å². The van der Waals surface area contributed by atoms with Gasteiger partial charge in [0.25, 0.3) is 0 Å². The molecule has 1 saturated heterocycles. The van der Waals surface area contributed by atoms with Crippen LogP contribution in [0, 0.1) is 5.92 Å². The third-order valence-corrected chi connectivity index (χ3v) is 4.65. The first-order valence-electron chi connectivity index (χ1n) is 6.93. The van der Waals surface area contributed by atoms with Gasteiger partial charge in [0.15, 0.2) is 11.6 Å². The molecule has 3 N–H and O–H groups in total. The number of aliphatic hydroxyl groups is 3. The largest absolute Gasteiger partial charge is 0.390 e. The van der Waals surface area contributed by atoms with Crippen molar-refractivity contribution in [2.75, 3.05) is 0 Å². The number of rotatable bonds is 0. The number of aliphatic hydroxyl groups excluding tert-OH is 1. The number of fused-ring (bicyclic) bond motifs is 2. The molecule has 0 amide bonds. The van der Waals surface area contributed by atoms with Gasteiger partial charge in [0.05, 0.1) is 6.10 Å². The van der Waals surface area contributed by atoms with Crippen LogP contribution in [0.4, 0.5) is 0 Å². The van der Waals surface area contributed by atoms with E-state index in [0.29, 0.717) is 25.7 Å². The van der Waals surface area contributed by atoms with Gasteiger partial charge in [-0.15, -0.1) is 0 Å². The molecule has 1 aliphatic heterocycles. The van der Waals surface area contributed by atoms with Gasteiger partial charge in [-0.25, -0.2) is 0 Å². The molecule has 0 aromatic rings. The lowest BCUT2D eigenvalue weighted by Crippen LogP contribution is -2.70. The van der Waals surface area contributed by atoms with Crippen LogP contribution < -0.4 is 0 Å². The van der Waals surface area contributed by atoms with Gasteiger partial charge in [-0.3, -0.25) is 0 Å². The molecular formula is C13H22O5. The van der Waals surface area contributed by atoms with Crippen molar-refractivity contribution >= 4 is 0 Å². The number of ether oxygens (including phenoxy) is 2. The van der Waals surface area contributed by atoms with Crippen molar-refractivity contribution in [1.29, 1.82) is 0 Å². The minimum Gasteiger partial charge on any atom is -0.390 e. The monoisotopic (exact) mass is 258 g/mol. The maximum Gasteiger partial charge on any atom is 0.195 e. The van der Waals surface area contributed by atoms with Crippen molar-refractivity contribution in [2.24, 2.45) is 5.92 Å². The molecule has 5 nitrogen and oxygen atoms in total. The standard InChI is InChI=1S/C13H22O5/c1-8-4-2-6-12(15)10(8)17-13(16)7-3-5-9(14)11(13)18-12/h8-11,14-16H,2-7H2,1H3. The van der Waals surface area contributed by atoms with Crippen LogP contribution in [0.25, 0.3) is 0 Å². The van der Waals surface area contributed by atoms with Crippen molar-refractivity contribution in [3.05, 3.63) is 0 Å². The Morgan fingerprint density at radius 3 is 2.22 bits per heavy atom. The molecule has 6 atom stereocenters. The van der Waals surface area contributed by atoms with Crippen LogP contribution in [0.15, 0.2) is 0 Å². The fourth-order valence-corrected chi connectivity index (χ4v) is 3.64. The van der Waals surface area contributed by atoms with E-state index in [-0.39, 0.29) is 5.92 Å². The highest BCUT2D eigenvalue weighted by Crippen LogP contribution is 2.47. The Balaban J connectivity index is 1.89. The van der Waals surface area contributed by atoms with Gasteiger partial charge in [0, 0.05) is 12.8 Å². The average Bonchev–Trinajstić information content (AvgIpc) is 2.30. The van der Waals surface area contributed by atoms with E-state index in [9.17, 15) is 15.3 Å². The molecule has 18 heavy (non-hydrogen) atoms. The highest BCUT2D eigenvalue weighted by atomic mass is 16.7. The lowest BCUT2D eigenvalue weighted by Gasteiger charge is -2.56. The Labute approximate surface area is 107 Å². The maximum atomic E-state index is 10.6. The second-order valence-corrected chi connectivity index (χ2v) is 6.10. The van der Waals surface area contributed by atoms with E-state index >= 15 is 0 Å². The lowest BCUT2D eigenvalue weighted by molar-refractivity contribution is -0.453. The minimum absolute atomic E-state index is 0.146. The van der Waals surface area contributed by atoms with Gasteiger partial charge in [0.1, 0.15) is 12.2 Å². The Kier molecular flexibility index (Phi) is 2.95. The van der Waals surface area contributed by atoms with Crippen LogP contribution in [0.5, 0.6) is 0 Å². The Bertz CT molecular complexity index is 303. The summed E-state index contributed by atoms with van der Waals surface area (Å²) in [5, 5.41) is 31.0. The average molecular weight is 258 g/mol. The van der Waals surface area contributed by atoms with Gasteiger partial charge in [-0.1, -0.05) is 6.92 Å². The van der Waals surface area contributed by atoms with Crippen molar-refractivity contribution in [1.82, 2.24) is 0 Å². The van der Waals surface area contributed by atoms with Crippen molar-refractivity contribution in [2.45, 2.75) is 75.3 Å². The zero-order valence-corrected chi connectivity index (χ0v) is 10.7. The molecule has 3 rings (SSSR count). The normalized spacial score (nSPS) is 56.7. The first kappa shape index (κ1) is 12.8. The quantitative estimate of drug-likeness (QED) is 0.590. The molecule has 0 aromatic carbocycles. The summed E-state index contributed by atoms with van der Waals surface area (Å²) in [6, 6.07) is 0. The molecule has 0 spiro atoms. The van der Waals surface area contributed by atoms with Gasteiger partial charge in [0.2, 0.25) is 0 Å². The molecule has 3 fully saturated rings. The molecule has 104 valence electrons. The van der Waals surface area contributed by atoms with Crippen molar-refractivity contribution < 1.29 is 24.8 Å². The molecule has 2 saturated carbocycles. The molecule has 2 aliphatic carbocycles. The summed E-state index contributed by atoms with van der Waals surface area (Å²) in [6.07, 6.45) is 1.96. The highest BCUT2D eigenvalue weighted by Gasteiger charge is 2.60. The number of hydrogen-bond donors (Lipinski definition) is 3. The van der Waals surface area contributed by atoms with Gasteiger partial charge in [-0.2, -0.15) is 0 Å². The Morgan fingerprint density at radius 1 is 0.944 bits per heavy atom. The third-order valence-electron chi connectivity index (χ3n) is 4.65. The first-order valence-corrected chi connectivity index (χ1v) is 6.93. The zero-order chi connectivity index (χ0) is 13.0. The maximum absolute atomic E-state index is 10.6. The molecule has 0 radical (unpaired) electrons. The number of hydrogen-bond acceptors (Lipinski definition) is 5. The van der Waals surface area contributed by atoms with Crippen LogP contribution in [-0.4, -0.2) is 45.2 Å². The van der Waals surface area contributed by atoms with Crippen molar-refractivity contribution in [3.8, 4) is 0 Å².